The van der Waals surface area contributed by atoms with E-state index in [2.05, 4.69) is 22.4 Å². The number of nitrogens with one attached hydrogen (secondary N) is 1. The molecule has 31 heavy (non-hydrogen) atoms. The van der Waals surface area contributed by atoms with E-state index in [1.54, 1.807) is 12.4 Å². The van der Waals surface area contributed by atoms with Crippen LogP contribution in [0.4, 0.5) is 0 Å². The lowest BCUT2D eigenvalue weighted by molar-refractivity contribution is -0.126. The smallest absolute Gasteiger partial charge is 0.270 e. The van der Waals surface area contributed by atoms with Crippen molar-refractivity contribution < 1.29 is 9.59 Å². The molecular weight excluding hydrogens is 388 g/mol. The van der Waals surface area contributed by atoms with Gasteiger partial charge in [-0.25, -0.2) is 0 Å². The Morgan fingerprint density at radius 3 is 2.55 bits per heavy atom. The zero-order valence-electron chi connectivity index (χ0n) is 17.6. The van der Waals surface area contributed by atoms with Crippen LogP contribution >= 0.6 is 0 Å². The average molecular weight is 417 g/mol. The summed E-state index contributed by atoms with van der Waals surface area (Å²) in [4.78, 5) is 31.6. The molecule has 0 spiro atoms. The van der Waals surface area contributed by atoms with Crippen LogP contribution in [0.5, 0.6) is 0 Å². The number of carbonyl (C=O) groups excluding carboxylic acids is 2. The summed E-state index contributed by atoms with van der Waals surface area (Å²) in [6, 6.07) is 17.8. The van der Waals surface area contributed by atoms with Crippen molar-refractivity contribution in [3.8, 4) is 5.69 Å². The van der Waals surface area contributed by atoms with Crippen LogP contribution in [-0.2, 0) is 11.2 Å². The van der Waals surface area contributed by atoms with E-state index in [9.17, 15) is 9.59 Å². The molecule has 2 aromatic heterocycles. The third-order valence-electron chi connectivity index (χ3n) is 5.83. The molecule has 0 bridgehead atoms. The van der Waals surface area contributed by atoms with Crippen molar-refractivity contribution in [3.63, 3.8) is 0 Å². The summed E-state index contributed by atoms with van der Waals surface area (Å²) in [7, 11) is 0. The Hall–Kier alpha value is -3.41. The molecule has 1 N–H and O–H groups in total. The Morgan fingerprint density at radius 2 is 1.81 bits per heavy atom. The molecule has 0 unspecified atom stereocenters. The second-order valence-corrected chi connectivity index (χ2v) is 7.92. The van der Waals surface area contributed by atoms with Gasteiger partial charge in [0, 0.05) is 37.9 Å². The van der Waals surface area contributed by atoms with E-state index >= 15 is 0 Å². The van der Waals surface area contributed by atoms with Crippen LogP contribution in [0.3, 0.4) is 0 Å². The maximum absolute atomic E-state index is 13.1. The first-order valence-electron chi connectivity index (χ1n) is 10.9. The average Bonchev–Trinajstić information content (AvgIpc) is 3.32. The number of carbonyl (C=O) groups is 2. The van der Waals surface area contributed by atoms with Gasteiger partial charge < -0.3 is 14.8 Å². The minimum absolute atomic E-state index is 0.00410. The van der Waals surface area contributed by atoms with Crippen LogP contribution in [0.15, 0.2) is 73.2 Å². The fourth-order valence-electron chi connectivity index (χ4n) is 4.08. The van der Waals surface area contributed by atoms with Gasteiger partial charge in [-0.15, -0.1) is 0 Å². The fraction of sp³-hybridized carbons (Fsp3) is 0.320. The number of pyridine rings is 1. The summed E-state index contributed by atoms with van der Waals surface area (Å²) < 4.78 is 1.86. The third-order valence-corrected chi connectivity index (χ3v) is 5.83. The molecule has 6 heteroatoms. The Bertz CT molecular complexity index is 993. The van der Waals surface area contributed by atoms with Crippen molar-refractivity contribution in [1.82, 2.24) is 19.8 Å². The van der Waals surface area contributed by atoms with Crippen LogP contribution in [0.1, 0.15) is 35.3 Å². The number of benzene rings is 1. The minimum Gasteiger partial charge on any atom is -0.356 e. The van der Waals surface area contributed by atoms with Gasteiger partial charge in [0.15, 0.2) is 0 Å². The molecule has 0 radical (unpaired) electrons. The molecule has 1 saturated heterocycles. The van der Waals surface area contributed by atoms with E-state index in [1.807, 2.05) is 58.1 Å². The van der Waals surface area contributed by atoms with Gasteiger partial charge in [0.1, 0.15) is 5.69 Å². The summed E-state index contributed by atoms with van der Waals surface area (Å²) >= 11 is 0. The van der Waals surface area contributed by atoms with Gasteiger partial charge in [-0.05, 0) is 55.5 Å². The molecule has 1 aromatic carbocycles. The van der Waals surface area contributed by atoms with Gasteiger partial charge in [-0.1, -0.05) is 30.3 Å². The van der Waals surface area contributed by atoms with Crippen molar-refractivity contribution in [2.45, 2.75) is 25.7 Å². The van der Waals surface area contributed by atoms with Gasteiger partial charge in [0.2, 0.25) is 5.91 Å². The second kappa shape index (κ2) is 10.1. The van der Waals surface area contributed by atoms with Crippen molar-refractivity contribution in [1.29, 1.82) is 0 Å². The predicted octanol–water partition coefficient (Wildman–Crippen LogP) is 3.47. The Balaban J connectivity index is 1.25. The normalized spacial score (nSPS) is 14.4. The molecule has 4 rings (SSSR count). The van der Waals surface area contributed by atoms with Gasteiger partial charge in [0.05, 0.1) is 11.9 Å². The molecule has 3 aromatic rings. The Labute approximate surface area is 182 Å². The molecule has 1 aliphatic heterocycles. The molecule has 0 aliphatic carbocycles. The molecular formula is C25H28N4O2. The number of amides is 2. The Morgan fingerprint density at radius 1 is 1.00 bits per heavy atom. The van der Waals surface area contributed by atoms with Gasteiger partial charge >= 0.3 is 0 Å². The van der Waals surface area contributed by atoms with Gasteiger partial charge in [-0.3, -0.25) is 14.6 Å². The second-order valence-electron chi connectivity index (χ2n) is 7.92. The maximum atomic E-state index is 13.1. The minimum atomic E-state index is -0.0223. The summed E-state index contributed by atoms with van der Waals surface area (Å²) in [6.45, 7) is 1.88. The van der Waals surface area contributed by atoms with E-state index in [1.165, 1.54) is 5.56 Å². The molecule has 1 aliphatic rings. The van der Waals surface area contributed by atoms with E-state index < -0.39 is 0 Å². The fourth-order valence-corrected chi connectivity index (χ4v) is 4.08. The van der Waals surface area contributed by atoms with E-state index in [0.29, 0.717) is 38.2 Å². The highest BCUT2D eigenvalue weighted by atomic mass is 16.2. The predicted molar refractivity (Wildman–Crippen MR) is 120 cm³/mol. The van der Waals surface area contributed by atoms with Crippen LogP contribution < -0.4 is 5.32 Å². The highest BCUT2D eigenvalue weighted by Gasteiger charge is 2.28. The van der Waals surface area contributed by atoms with E-state index in [-0.39, 0.29) is 17.7 Å². The number of nitrogens with zero attached hydrogens (tertiary/aromatic N) is 3. The first-order valence-corrected chi connectivity index (χ1v) is 10.9. The number of aryl methyl sites for hydroxylation is 1. The van der Waals surface area contributed by atoms with Gasteiger partial charge in [-0.2, -0.15) is 0 Å². The molecule has 160 valence electrons. The number of rotatable bonds is 7. The van der Waals surface area contributed by atoms with Crippen molar-refractivity contribution in [3.05, 3.63) is 84.4 Å². The first kappa shape index (κ1) is 20.8. The molecule has 3 heterocycles. The number of aromatic nitrogens is 2. The summed E-state index contributed by atoms with van der Waals surface area (Å²) in [5.41, 5.74) is 2.78. The Kier molecular flexibility index (Phi) is 6.77. The first-order chi connectivity index (χ1) is 15.2. The zero-order valence-corrected chi connectivity index (χ0v) is 17.6. The van der Waals surface area contributed by atoms with Crippen LogP contribution in [0.25, 0.3) is 5.69 Å². The number of hydrogen-bond donors (Lipinski definition) is 1. The van der Waals surface area contributed by atoms with Crippen LogP contribution in [0.2, 0.25) is 0 Å². The number of piperidine rings is 1. The van der Waals surface area contributed by atoms with Crippen molar-refractivity contribution in [2.24, 2.45) is 5.92 Å². The highest BCUT2D eigenvalue weighted by Crippen LogP contribution is 2.21. The monoisotopic (exact) mass is 416 g/mol. The van der Waals surface area contributed by atoms with Gasteiger partial charge in [0.25, 0.3) is 5.91 Å². The number of likely N-dealkylation sites (tertiary alicyclic amines) is 1. The zero-order chi connectivity index (χ0) is 21.5. The standard InChI is InChI=1S/C25H28N4O2/c30-24(27-15-4-9-20-7-2-1-3-8-20)21-12-17-28(18-13-21)25(31)23-11-6-16-29(23)22-10-5-14-26-19-22/h1-3,5-8,10-11,14,16,19,21H,4,9,12-13,15,17-18H2,(H,27,30). The van der Waals surface area contributed by atoms with Crippen LogP contribution in [-0.4, -0.2) is 45.9 Å². The van der Waals surface area contributed by atoms with Crippen LogP contribution in [0, 0.1) is 5.92 Å². The largest absolute Gasteiger partial charge is 0.356 e. The lowest BCUT2D eigenvalue weighted by Gasteiger charge is -2.31. The molecule has 0 saturated carbocycles. The molecule has 2 amide bonds. The highest BCUT2D eigenvalue weighted by molar-refractivity contribution is 5.93. The molecule has 0 atom stereocenters. The van der Waals surface area contributed by atoms with E-state index in [4.69, 9.17) is 0 Å². The lowest BCUT2D eigenvalue weighted by Crippen LogP contribution is -2.43. The SMILES string of the molecule is O=C(NCCCc1ccccc1)C1CCN(C(=O)c2cccn2-c2cccnc2)CC1. The summed E-state index contributed by atoms with van der Waals surface area (Å²) in [5.74, 6) is 0.0837. The molecule has 6 nitrogen and oxygen atoms in total. The summed E-state index contributed by atoms with van der Waals surface area (Å²) in [6.07, 6.45) is 8.62. The quantitative estimate of drug-likeness (QED) is 0.600. The summed E-state index contributed by atoms with van der Waals surface area (Å²) in [5, 5.41) is 3.07. The maximum Gasteiger partial charge on any atom is 0.270 e. The van der Waals surface area contributed by atoms with Crippen molar-refractivity contribution in [2.75, 3.05) is 19.6 Å². The van der Waals surface area contributed by atoms with E-state index in [0.717, 1.165) is 18.5 Å². The number of hydrogen-bond acceptors (Lipinski definition) is 3. The van der Waals surface area contributed by atoms with Crippen molar-refractivity contribution >= 4 is 11.8 Å². The third kappa shape index (κ3) is 5.20. The topological polar surface area (TPSA) is 67.2 Å². The molecule has 1 fully saturated rings. The lowest BCUT2D eigenvalue weighted by atomic mass is 9.95.